The lowest BCUT2D eigenvalue weighted by Crippen LogP contribution is -2.12. The van der Waals surface area contributed by atoms with Gasteiger partial charge in [0.15, 0.2) is 5.78 Å². The number of halogens is 1. The molecule has 0 fully saturated rings. The van der Waals surface area contributed by atoms with Crippen LogP contribution in [0.4, 0.5) is 10.1 Å². The van der Waals surface area contributed by atoms with Crippen molar-refractivity contribution < 1.29 is 14.0 Å². The van der Waals surface area contributed by atoms with Crippen LogP contribution in [0.2, 0.25) is 0 Å². The molecular formula is C20H12FNO2. The van der Waals surface area contributed by atoms with Gasteiger partial charge in [0.2, 0.25) is 0 Å². The average Bonchev–Trinajstić information content (AvgIpc) is 2.88. The number of fused-ring (bicyclic) bond motifs is 3. The Morgan fingerprint density at radius 3 is 2.33 bits per heavy atom. The summed E-state index contributed by atoms with van der Waals surface area (Å²) in [5.74, 6) is -0.888. The van der Waals surface area contributed by atoms with Crippen LogP contribution in [0.15, 0.2) is 66.7 Å². The fourth-order valence-corrected chi connectivity index (χ4v) is 2.94. The molecule has 3 aromatic carbocycles. The van der Waals surface area contributed by atoms with Gasteiger partial charge in [-0.2, -0.15) is 0 Å². The van der Waals surface area contributed by atoms with Crippen molar-refractivity contribution in [2.24, 2.45) is 0 Å². The third-order valence-corrected chi connectivity index (χ3v) is 4.07. The van der Waals surface area contributed by atoms with Gasteiger partial charge < -0.3 is 5.32 Å². The summed E-state index contributed by atoms with van der Waals surface area (Å²) in [6.45, 7) is 0. The number of carbonyl (C=O) groups excluding carboxylic acids is 2. The molecule has 0 atom stereocenters. The Morgan fingerprint density at radius 1 is 0.792 bits per heavy atom. The van der Waals surface area contributed by atoms with Crippen LogP contribution in [0, 0.1) is 5.82 Å². The maximum Gasteiger partial charge on any atom is 0.255 e. The second kappa shape index (κ2) is 5.42. The topological polar surface area (TPSA) is 46.2 Å². The van der Waals surface area contributed by atoms with E-state index in [2.05, 4.69) is 5.32 Å². The molecule has 0 bridgehead atoms. The molecule has 0 heterocycles. The number of hydrogen-bond donors (Lipinski definition) is 1. The Kier molecular flexibility index (Phi) is 3.24. The fraction of sp³-hybridized carbons (Fsp3) is 0. The number of benzene rings is 3. The van der Waals surface area contributed by atoms with Gasteiger partial charge in [0.05, 0.1) is 0 Å². The minimum Gasteiger partial charge on any atom is -0.322 e. The van der Waals surface area contributed by atoms with Crippen LogP contribution in [-0.2, 0) is 0 Å². The second-order valence-corrected chi connectivity index (χ2v) is 5.60. The van der Waals surface area contributed by atoms with Crippen molar-refractivity contribution in [3.05, 3.63) is 89.2 Å². The lowest BCUT2D eigenvalue weighted by molar-refractivity contribution is 0.102. The van der Waals surface area contributed by atoms with E-state index in [1.165, 1.54) is 18.2 Å². The summed E-state index contributed by atoms with van der Waals surface area (Å²) >= 11 is 0. The number of amides is 1. The van der Waals surface area contributed by atoms with Crippen LogP contribution >= 0.6 is 0 Å². The molecule has 3 aromatic rings. The Bertz CT molecular complexity index is 994. The molecule has 1 aliphatic rings. The largest absolute Gasteiger partial charge is 0.322 e. The predicted molar refractivity (Wildman–Crippen MR) is 89.7 cm³/mol. The smallest absolute Gasteiger partial charge is 0.255 e. The Hall–Kier alpha value is -3.27. The quantitative estimate of drug-likeness (QED) is 0.599. The highest BCUT2D eigenvalue weighted by Crippen LogP contribution is 2.36. The Morgan fingerprint density at radius 2 is 1.54 bits per heavy atom. The number of ketones is 1. The average molecular weight is 317 g/mol. The molecule has 0 saturated heterocycles. The molecule has 24 heavy (non-hydrogen) atoms. The lowest BCUT2D eigenvalue weighted by atomic mass is 10.0. The first-order valence-electron chi connectivity index (χ1n) is 7.48. The molecular weight excluding hydrogens is 305 g/mol. The van der Waals surface area contributed by atoms with Crippen molar-refractivity contribution in [2.45, 2.75) is 0 Å². The Labute approximate surface area is 137 Å². The first-order valence-corrected chi connectivity index (χ1v) is 7.48. The van der Waals surface area contributed by atoms with Crippen LogP contribution in [0.3, 0.4) is 0 Å². The van der Waals surface area contributed by atoms with E-state index < -0.39 is 5.82 Å². The first-order chi connectivity index (χ1) is 11.6. The molecule has 0 aliphatic heterocycles. The van der Waals surface area contributed by atoms with Gasteiger partial charge in [0, 0.05) is 22.4 Å². The van der Waals surface area contributed by atoms with Crippen molar-refractivity contribution in [2.75, 3.05) is 5.32 Å². The van der Waals surface area contributed by atoms with Crippen molar-refractivity contribution in [3.63, 3.8) is 0 Å². The van der Waals surface area contributed by atoms with Gasteiger partial charge in [-0.1, -0.05) is 36.4 Å². The summed E-state index contributed by atoms with van der Waals surface area (Å²) in [5.41, 5.74) is 3.61. The van der Waals surface area contributed by atoms with Crippen molar-refractivity contribution in [3.8, 4) is 11.1 Å². The number of hydrogen-bond acceptors (Lipinski definition) is 2. The summed E-state index contributed by atoms with van der Waals surface area (Å²) < 4.78 is 13.2. The summed E-state index contributed by atoms with van der Waals surface area (Å²) in [7, 11) is 0. The first kappa shape index (κ1) is 14.3. The molecule has 116 valence electrons. The van der Waals surface area contributed by atoms with E-state index >= 15 is 0 Å². The zero-order valence-electron chi connectivity index (χ0n) is 12.5. The van der Waals surface area contributed by atoms with Gasteiger partial charge in [-0.05, 0) is 41.5 Å². The monoisotopic (exact) mass is 317 g/mol. The van der Waals surface area contributed by atoms with Gasteiger partial charge in [-0.15, -0.1) is 0 Å². The standard InChI is InChI=1S/C20H12FNO2/c21-13-4-3-5-14(11-13)22-20(24)12-8-9-16-15-6-1-2-7-17(15)19(23)18(16)10-12/h1-11H,(H,22,24). The van der Waals surface area contributed by atoms with Crippen molar-refractivity contribution in [1.29, 1.82) is 0 Å². The molecule has 0 spiro atoms. The molecule has 0 saturated carbocycles. The molecule has 1 aliphatic carbocycles. The van der Waals surface area contributed by atoms with Gasteiger partial charge in [0.1, 0.15) is 5.82 Å². The van der Waals surface area contributed by atoms with E-state index in [4.69, 9.17) is 0 Å². The van der Waals surface area contributed by atoms with Crippen molar-refractivity contribution in [1.82, 2.24) is 0 Å². The Balaban J connectivity index is 1.67. The summed E-state index contributed by atoms with van der Waals surface area (Å²) in [6.07, 6.45) is 0. The van der Waals surface area contributed by atoms with E-state index in [0.29, 0.717) is 22.4 Å². The molecule has 1 N–H and O–H groups in total. The van der Waals surface area contributed by atoms with Gasteiger partial charge >= 0.3 is 0 Å². The van der Waals surface area contributed by atoms with Crippen LogP contribution in [-0.4, -0.2) is 11.7 Å². The lowest BCUT2D eigenvalue weighted by Gasteiger charge is -2.07. The summed E-state index contributed by atoms with van der Waals surface area (Å²) in [6, 6.07) is 18.1. The highest BCUT2D eigenvalue weighted by molar-refractivity contribution is 6.22. The van der Waals surface area contributed by atoms with E-state index in [1.807, 2.05) is 18.2 Å². The van der Waals surface area contributed by atoms with Gasteiger partial charge in [-0.25, -0.2) is 4.39 Å². The highest BCUT2D eigenvalue weighted by atomic mass is 19.1. The fourth-order valence-electron chi connectivity index (χ4n) is 2.94. The normalized spacial score (nSPS) is 11.8. The van der Waals surface area contributed by atoms with E-state index in [0.717, 1.165) is 11.1 Å². The second-order valence-electron chi connectivity index (χ2n) is 5.60. The molecule has 3 nitrogen and oxygen atoms in total. The van der Waals surface area contributed by atoms with E-state index in [-0.39, 0.29) is 11.7 Å². The number of rotatable bonds is 2. The third-order valence-electron chi connectivity index (χ3n) is 4.07. The molecule has 0 radical (unpaired) electrons. The van der Waals surface area contributed by atoms with E-state index in [9.17, 15) is 14.0 Å². The van der Waals surface area contributed by atoms with Crippen LogP contribution in [0.25, 0.3) is 11.1 Å². The van der Waals surface area contributed by atoms with Gasteiger partial charge in [0.25, 0.3) is 5.91 Å². The minimum absolute atomic E-state index is 0.0824. The zero-order valence-corrected chi connectivity index (χ0v) is 12.5. The highest BCUT2D eigenvalue weighted by Gasteiger charge is 2.26. The maximum atomic E-state index is 13.2. The van der Waals surface area contributed by atoms with Crippen LogP contribution < -0.4 is 5.32 Å². The predicted octanol–water partition coefficient (Wildman–Crippen LogP) is 4.29. The summed E-state index contributed by atoms with van der Waals surface area (Å²) in [5, 5.41) is 2.64. The molecule has 0 unspecified atom stereocenters. The molecule has 1 amide bonds. The molecule has 4 heteroatoms. The summed E-state index contributed by atoms with van der Waals surface area (Å²) in [4.78, 5) is 24.8. The SMILES string of the molecule is O=C(Nc1cccc(F)c1)c1ccc2c(c1)C(=O)c1ccccc1-2. The molecule has 0 aromatic heterocycles. The van der Waals surface area contributed by atoms with E-state index in [1.54, 1.807) is 30.3 Å². The minimum atomic E-state index is -0.424. The zero-order chi connectivity index (χ0) is 16.7. The van der Waals surface area contributed by atoms with Crippen LogP contribution in [0.5, 0.6) is 0 Å². The maximum absolute atomic E-state index is 13.2. The van der Waals surface area contributed by atoms with Crippen LogP contribution in [0.1, 0.15) is 26.3 Å². The number of nitrogens with one attached hydrogen (secondary N) is 1. The third kappa shape index (κ3) is 2.29. The number of anilines is 1. The van der Waals surface area contributed by atoms with Gasteiger partial charge in [-0.3, -0.25) is 9.59 Å². The van der Waals surface area contributed by atoms with Crippen molar-refractivity contribution >= 4 is 17.4 Å². The molecule has 4 rings (SSSR count). The number of carbonyl (C=O) groups is 2.